The molecule has 0 aliphatic carbocycles. The van der Waals surface area contributed by atoms with Crippen LogP contribution in [0, 0.1) is 13.8 Å². The molecule has 0 saturated heterocycles. The van der Waals surface area contributed by atoms with Crippen LogP contribution in [0.15, 0.2) is 30.3 Å². The average molecular weight is 275 g/mol. The van der Waals surface area contributed by atoms with Crippen molar-refractivity contribution in [2.45, 2.75) is 33.9 Å². The van der Waals surface area contributed by atoms with Crippen molar-refractivity contribution in [3.63, 3.8) is 0 Å². The molecule has 1 aromatic heterocycles. The second-order valence-electron chi connectivity index (χ2n) is 4.63. The topological polar surface area (TPSA) is 21.3 Å². The standard InChI is InChI=1S/C16H21NOS/c1-4-18-15-7-5-14(6-8-15)10-17-11-16-9-12(2)13(3)19-16/h5-9,17H,4,10-11H2,1-3H3. The van der Waals surface area contributed by atoms with E-state index in [1.54, 1.807) is 0 Å². The normalized spacial score (nSPS) is 10.7. The molecule has 0 fully saturated rings. The highest BCUT2D eigenvalue weighted by atomic mass is 32.1. The number of benzene rings is 1. The van der Waals surface area contributed by atoms with E-state index in [0.717, 1.165) is 18.8 Å². The van der Waals surface area contributed by atoms with Crippen LogP contribution in [0.5, 0.6) is 5.75 Å². The lowest BCUT2D eigenvalue weighted by Crippen LogP contribution is -2.11. The number of rotatable bonds is 6. The molecule has 0 spiro atoms. The van der Waals surface area contributed by atoms with Crippen LogP contribution in [0.2, 0.25) is 0 Å². The molecule has 0 bridgehead atoms. The molecule has 3 heteroatoms. The Labute approximate surface area is 119 Å². The summed E-state index contributed by atoms with van der Waals surface area (Å²) in [5.74, 6) is 0.941. The molecule has 0 aliphatic rings. The van der Waals surface area contributed by atoms with Gasteiger partial charge in [-0.3, -0.25) is 0 Å². The summed E-state index contributed by atoms with van der Waals surface area (Å²) >= 11 is 1.88. The first kappa shape index (κ1) is 14.1. The van der Waals surface area contributed by atoms with E-state index in [1.807, 2.05) is 30.4 Å². The third-order valence-corrected chi connectivity index (χ3v) is 4.23. The second kappa shape index (κ2) is 6.73. The van der Waals surface area contributed by atoms with E-state index in [0.29, 0.717) is 6.61 Å². The van der Waals surface area contributed by atoms with Crippen molar-refractivity contribution in [3.05, 3.63) is 51.2 Å². The monoisotopic (exact) mass is 275 g/mol. The third kappa shape index (κ3) is 4.08. The Morgan fingerprint density at radius 1 is 1.11 bits per heavy atom. The highest BCUT2D eigenvalue weighted by Gasteiger charge is 2.01. The molecular weight excluding hydrogens is 254 g/mol. The zero-order valence-electron chi connectivity index (χ0n) is 11.8. The smallest absolute Gasteiger partial charge is 0.119 e. The van der Waals surface area contributed by atoms with Crippen molar-refractivity contribution in [2.75, 3.05) is 6.61 Å². The Balaban J connectivity index is 1.82. The zero-order chi connectivity index (χ0) is 13.7. The van der Waals surface area contributed by atoms with Crippen molar-refractivity contribution in [1.82, 2.24) is 5.32 Å². The van der Waals surface area contributed by atoms with Crippen LogP contribution in [-0.2, 0) is 13.1 Å². The zero-order valence-corrected chi connectivity index (χ0v) is 12.6. The van der Waals surface area contributed by atoms with E-state index in [4.69, 9.17) is 4.74 Å². The Hall–Kier alpha value is -1.32. The molecule has 0 unspecified atom stereocenters. The Bertz CT molecular complexity index is 497. The molecule has 0 saturated carbocycles. The van der Waals surface area contributed by atoms with Gasteiger partial charge in [-0.15, -0.1) is 11.3 Å². The van der Waals surface area contributed by atoms with Crippen LogP contribution in [0.1, 0.15) is 27.8 Å². The van der Waals surface area contributed by atoms with Gasteiger partial charge in [0.1, 0.15) is 5.75 Å². The van der Waals surface area contributed by atoms with Crippen LogP contribution in [0.4, 0.5) is 0 Å². The largest absolute Gasteiger partial charge is 0.494 e. The highest BCUT2D eigenvalue weighted by Crippen LogP contribution is 2.20. The SMILES string of the molecule is CCOc1ccc(CNCc2cc(C)c(C)s2)cc1. The summed E-state index contributed by atoms with van der Waals surface area (Å²) in [7, 11) is 0. The van der Waals surface area contributed by atoms with Gasteiger partial charge >= 0.3 is 0 Å². The van der Waals surface area contributed by atoms with E-state index in [-0.39, 0.29) is 0 Å². The maximum atomic E-state index is 5.43. The van der Waals surface area contributed by atoms with Gasteiger partial charge in [0.25, 0.3) is 0 Å². The average Bonchev–Trinajstić information content (AvgIpc) is 2.71. The Morgan fingerprint density at radius 2 is 1.84 bits per heavy atom. The molecule has 2 aromatic rings. The van der Waals surface area contributed by atoms with Gasteiger partial charge in [-0.1, -0.05) is 12.1 Å². The van der Waals surface area contributed by atoms with Crippen molar-refractivity contribution in [1.29, 1.82) is 0 Å². The van der Waals surface area contributed by atoms with Gasteiger partial charge in [0.15, 0.2) is 0 Å². The van der Waals surface area contributed by atoms with Gasteiger partial charge in [-0.2, -0.15) is 0 Å². The minimum absolute atomic E-state index is 0.717. The predicted octanol–water partition coefficient (Wildman–Crippen LogP) is 4.05. The van der Waals surface area contributed by atoms with Gasteiger partial charge in [0.05, 0.1) is 6.61 Å². The lowest BCUT2D eigenvalue weighted by molar-refractivity contribution is 0.340. The maximum absolute atomic E-state index is 5.43. The summed E-state index contributed by atoms with van der Waals surface area (Å²) in [4.78, 5) is 2.82. The number of hydrogen-bond donors (Lipinski definition) is 1. The Morgan fingerprint density at radius 3 is 2.42 bits per heavy atom. The van der Waals surface area contributed by atoms with Crippen molar-refractivity contribution in [2.24, 2.45) is 0 Å². The first-order valence-corrected chi connectivity index (χ1v) is 7.49. The molecule has 1 N–H and O–H groups in total. The third-order valence-electron chi connectivity index (χ3n) is 3.08. The predicted molar refractivity (Wildman–Crippen MR) is 81.9 cm³/mol. The van der Waals surface area contributed by atoms with Crippen LogP contribution < -0.4 is 10.1 Å². The number of thiophene rings is 1. The van der Waals surface area contributed by atoms with Gasteiger partial charge in [-0.05, 0) is 50.1 Å². The number of hydrogen-bond acceptors (Lipinski definition) is 3. The van der Waals surface area contributed by atoms with Crippen molar-refractivity contribution < 1.29 is 4.74 Å². The quantitative estimate of drug-likeness (QED) is 0.858. The van der Waals surface area contributed by atoms with Crippen molar-refractivity contribution >= 4 is 11.3 Å². The Kier molecular flexibility index (Phi) is 5.00. The number of nitrogens with one attached hydrogen (secondary N) is 1. The van der Waals surface area contributed by atoms with E-state index in [9.17, 15) is 0 Å². The maximum Gasteiger partial charge on any atom is 0.119 e. The lowest BCUT2D eigenvalue weighted by Gasteiger charge is -2.06. The van der Waals surface area contributed by atoms with E-state index in [2.05, 4.69) is 37.4 Å². The minimum Gasteiger partial charge on any atom is -0.494 e. The van der Waals surface area contributed by atoms with Crippen molar-refractivity contribution in [3.8, 4) is 5.75 Å². The summed E-state index contributed by atoms with van der Waals surface area (Å²) < 4.78 is 5.43. The number of aryl methyl sites for hydroxylation is 2. The molecular formula is C16H21NOS. The van der Waals surface area contributed by atoms with Gasteiger partial charge in [-0.25, -0.2) is 0 Å². The molecule has 0 radical (unpaired) electrons. The van der Waals surface area contributed by atoms with E-state index < -0.39 is 0 Å². The number of ether oxygens (including phenoxy) is 1. The first-order chi connectivity index (χ1) is 9.19. The van der Waals surface area contributed by atoms with Gasteiger partial charge < -0.3 is 10.1 Å². The fourth-order valence-electron chi connectivity index (χ4n) is 1.94. The molecule has 0 amide bonds. The molecule has 102 valence electrons. The molecule has 0 atom stereocenters. The minimum atomic E-state index is 0.717. The molecule has 1 aromatic carbocycles. The van der Waals surface area contributed by atoms with Crippen LogP contribution in [0.3, 0.4) is 0 Å². The van der Waals surface area contributed by atoms with Crippen LogP contribution >= 0.6 is 11.3 Å². The van der Waals surface area contributed by atoms with E-state index >= 15 is 0 Å². The fourth-order valence-corrected chi connectivity index (χ4v) is 2.96. The van der Waals surface area contributed by atoms with Crippen LogP contribution in [-0.4, -0.2) is 6.61 Å². The second-order valence-corrected chi connectivity index (χ2v) is 5.97. The van der Waals surface area contributed by atoms with Gasteiger partial charge in [0.2, 0.25) is 0 Å². The summed E-state index contributed by atoms with van der Waals surface area (Å²) in [5, 5.41) is 3.48. The molecule has 0 aliphatic heterocycles. The highest BCUT2D eigenvalue weighted by molar-refractivity contribution is 7.12. The fraction of sp³-hybridized carbons (Fsp3) is 0.375. The van der Waals surface area contributed by atoms with Crippen LogP contribution in [0.25, 0.3) is 0 Å². The summed E-state index contributed by atoms with van der Waals surface area (Å²) in [5.41, 5.74) is 2.68. The molecule has 19 heavy (non-hydrogen) atoms. The molecule has 1 heterocycles. The summed E-state index contributed by atoms with van der Waals surface area (Å²) in [6.45, 7) is 8.89. The van der Waals surface area contributed by atoms with E-state index in [1.165, 1.54) is 20.9 Å². The van der Waals surface area contributed by atoms with Gasteiger partial charge in [0, 0.05) is 22.8 Å². The molecule has 2 rings (SSSR count). The lowest BCUT2D eigenvalue weighted by atomic mass is 10.2. The molecule has 2 nitrogen and oxygen atoms in total. The first-order valence-electron chi connectivity index (χ1n) is 6.67. The summed E-state index contributed by atoms with van der Waals surface area (Å²) in [6.07, 6.45) is 0. The summed E-state index contributed by atoms with van der Waals surface area (Å²) in [6, 6.07) is 10.6.